The second-order valence-electron chi connectivity index (χ2n) is 9.51. The highest BCUT2D eigenvalue weighted by molar-refractivity contribution is 6.30. The van der Waals surface area contributed by atoms with Gasteiger partial charge in [-0.1, -0.05) is 24.1 Å². The molecule has 3 aromatic rings. The second-order valence-corrected chi connectivity index (χ2v) is 9.95. The molecule has 0 saturated heterocycles. The Bertz CT molecular complexity index is 1200. The highest BCUT2D eigenvalue weighted by Crippen LogP contribution is 2.45. The number of aryl methyl sites for hydroxylation is 1. The van der Waals surface area contributed by atoms with Gasteiger partial charge in [0.25, 0.3) is 0 Å². The van der Waals surface area contributed by atoms with E-state index in [1.165, 1.54) is 18.5 Å². The van der Waals surface area contributed by atoms with Crippen LogP contribution in [0.1, 0.15) is 61.5 Å². The maximum absolute atomic E-state index is 13.4. The zero-order valence-electron chi connectivity index (χ0n) is 18.6. The first-order valence-electron chi connectivity index (χ1n) is 11.9. The number of hydrogen-bond acceptors (Lipinski definition) is 4. The normalized spacial score (nSPS) is 18.9. The number of carbonyl (C=O) groups excluding carboxylic acids is 1. The lowest BCUT2D eigenvalue weighted by Crippen LogP contribution is -2.47. The fraction of sp³-hybridized carbons (Fsp3) is 0.370. The number of nitrogens with one attached hydrogen (secondary N) is 1. The Hall–Kier alpha value is -2.92. The van der Waals surface area contributed by atoms with Crippen molar-refractivity contribution in [3.05, 3.63) is 76.7 Å². The van der Waals surface area contributed by atoms with Gasteiger partial charge in [0.15, 0.2) is 0 Å². The summed E-state index contributed by atoms with van der Waals surface area (Å²) in [5.74, 6) is 1.66. The van der Waals surface area contributed by atoms with Crippen LogP contribution >= 0.6 is 11.6 Å². The van der Waals surface area contributed by atoms with E-state index in [1.807, 2.05) is 12.1 Å². The molecule has 1 N–H and O–H groups in total. The van der Waals surface area contributed by atoms with E-state index in [4.69, 9.17) is 21.6 Å². The molecule has 5 nitrogen and oxygen atoms in total. The lowest BCUT2D eigenvalue weighted by molar-refractivity contribution is -0.124. The zero-order valence-corrected chi connectivity index (χ0v) is 19.3. The molecule has 0 atom stereocenters. The zero-order chi connectivity index (χ0) is 22.4. The number of carbonyl (C=O) groups is 1. The van der Waals surface area contributed by atoms with Crippen LogP contribution in [-0.2, 0) is 16.6 Å². The predicted molar refractivity (Wildman–Crippen MR) is 131 cm³/mol. The number of rotatable bonds is 5. The molecular formula is C27H27ClN4O. The Balaban J connectivity index is 1.29. The molecule has 3 heterocycles. The molecule has 3 aliphatic rings. The molecule has 1 aliphatic heterocycles. The molecule has 0 unspecified atom stereocenters. The van der Waals surface area contributed by atoms with Crippen molar-refractivity contribution < 1.29 is 4.79 Å². The van der Waals surface area contributed by atoms with E-state index < -0.39 is 5.41 Å². The summed E-state index contributed by atoms with van der Waals surface area (Å²) in [7, 11) is 0. The van der Waals surface area contributed by atoms with Crippen molar-refractivity contribution in [2.45, 2.75) is 56.3 Å². The van der Waals surface area contributed by atoms with Crippen molar-refractivity contribution in [1.29, 1.82) is 0 Å². The van der Waals surface area contributed by atoms with Gasteiger partial charge in [0.2, 0.25) is 5.91 Å². The first kappa shape index (κ1) is 20.7. The van der Waals surface area contributed by atoms with E-state index in [9.17, 15) is 4.79 Å². The third-order valence-electron chi connectivity index (χ3n) is 7.30. The Morgan fingerprint density at radius 1 is 1.00 bits per heavy atom. The van der Waals surface area contributed by atoms with Crippen molar-refractivity contribution >= 4 is 34.7 Å². The van der Waals surface area contributed by atoms with Gasteiger partial charge in [-0.25, -0.2) is 4.98 Å². The molecule has 0 radical (unpaired) electrons. The average Bonchev–Trinajstić information content (AvgIpc) is 3.65. The Labute approximate surface area is 199 Å². The molecule has 2 fully saturated rings. The fourth-order valence-electron chi connectivity index (χ4n) is 5.06. The maximum Gasteiger partial charge on any atom is 0.236 e. The molecule has 6 heteroatoms. The first-order valence-corrected chi connectivity index (χ1v) is 12.3. The fourth-order valence-corrected chi connectivity index (χ4v) is 5.19. The van der Waals surface area contributed by atoms with Gasteiger partial charge in [-0.2, -0.15) is 0 Å². The molecule has 33 heavy (non-hydrogen) atoms. The van der Waals surface area contributed by atoms with E-state index in [0.29, 0.717) is 10.9 Å². The van der Waals surface area contributed by atoms with Crippen LogP contribution in [0.3, 0.4) is 0 Å². The van der Waals surface area contributed by atoms with Crippen molar-refractivity contribution in [1.82, 2.24) is 9.97 Å². The van der Waals surface area contributed by atoms with E-state index in [2.05, 4.69) is 40.5 Å². The average molecular weight is 459 g/mol. The quantitative estimate of drug-likeness (QED) is 0.498. The summed E-state index contributed by atoms with van der Waals surface area (Å²) >= 11 is 5.99. The summed E-state index contributed by atoms with van der Waals surface area (Å²) < 4.78 is 0. The molecular weight excluding hydrogens is 432 g/mol. The van der Waals surface area contributed by atoms with Crippen molar-refractivity contribution in [3.8, 4) is 0 Å². The Morgan fingerprint density at radius 3 is 2.55 bits per heavy atom. The molecule has 168 valence electrons. The van der Waals surface area contributed by atoms with E-state index >= 15 is 0 Å². The SMILES string of the molecule is O=C(Nc1ccc(Cl)cc1)C1(c2ccc3c(n2)CCCN3c2cccc(C3CC3)n2)CCC1. The number of hydrogen-bond donors (Lipinski definition) is 1. The van der Waals surface area contributed by atoms with Gasteiger partial charge < -0.3 is 10.2 Å². The van der Waals surface area contributed by atoms with Crippen LogP contribution in [0.2, 0.25) is 5.02 Å². The third kappa shape index (κ3) is 3.78. The molecule has 1 amide bonds. The van der Waals surface area contributed by atoms with Gasteiger partial charge in [0.05, 0.1) is 22.5 Å². The van der Waals surface area contributed by atoms with Crippen LogP contribution in [0.15, 0.2) is 54.6 Å². The highest BCUT2D eigenvalue weighted by atomic mass is 35.5. The number of fused-ring (bicyclic) bond motifs is 1. The Kier molecular flexibility index (Phi) is 5.10. The summed E-state index contributed by atoms with van der Waals surface area (Å²) in [6, 6.07) is 17.8. The molecule has 6 rings (SSSR count). The highest BCUT2D eigenvalue weighted by Gasteiger charge is 2.47. The van der Waals surface area contributed by atoms with Gasteiger partial charge >= 0.3 is 0 Å². The molecule has 0 bridgehead atoms. The molecule has 2 aliphatic carbocycles. The van der Waals surface area contributed by atoms with Crippen LogP contribution in [0.4, 0.5) is 17.2 Å². The number of halogens is 1. The molecule has 2 aromatic heterocycles. The third-order valence-corrected chi connectivity index (χ3v) is 7.55. The van der Waals surface area contributed by atoms with Gasteiger partial charge in [-0.3, -0.25) is 9.78 Å². The minimum Gasteiger partial charge on any atom is -0.325 e. The molecule has 0 spiro atoms. The summed E-state index contributed by atoms with van der Waals surface area (Å²) in [6.07, 6.45) is 7.15. The summed E-state index contributed by atoms with van der Waals surface area (Å²) in [5.41, 5.74) is 4.50. The maximum atomic E-state index is 13.4. The number of anilines is 3. The molecule has 1 aromatic carbocycles. The predicted octanol–water partition coefficient (Wildman–Crippen LogP) is 6.15. The van der Waals surface area contributed by atoms with Crippen LogP contribution in [-0.4, -0.2) is 22.4 Å². The summed E-state index contributed by atoms with van der Waals surface area (Å²) in [6.45, 7) is 0.942. The van der Waals surface area contributed by atoms with Crippen LogP contribution in [0.25, 0.3) is 0 Å². The van der Waals surface area contributed by atoms with Gasteiger partial charge in [0.1, 0.15) is 5.82 Å². The van der Waals surface area contributed by atoms with Gasteiger partial charge in [0, 0.05) is 28.9 Å². The van der Waals surface area contributed by atoms with Crippen molar-refractivity contribution in [2.75, 3.05) is 16.8 Å². The number of benzene rings is 1. The lowest BCUT2D eigenvalue weighted by atomic mass is 9.65. The smallest absolute Gasteiger partial charge is 0.236 e. The van der Waals surface area contributed by atoms with E-state index in [0.717, 1.165) is 67.2 Å². The number of pyridine rings is 2. The van der Waals surface area contributed by atoms with Crippen molar-refractivity contribution in [2.24, 2.45) is 0 Å². The lowest BCUT2D eigenvalue weighted by Gasteiger charge is -2.40. The minimum absolute atomic E-state index is 0.0231. The van der Waals surface area contributed by atoms with Gasteiger partial charge in [-0.05, 0) is 87.1 Å². The van der Waals surface area contributed by atoms with E-state index in [-0.39, 0.29) is 5.91 Å². The standard InChI is InChI=1S/C27H27ClN4O/c28-19-9-11-20(12-10-19)29-26(33)27(15-3-16-27)24-14-13-23-22(30-24)5-2-17-32(23)25-6-1-4-21(31-25)18-7-8-18/h1,4,6,9-14,18H,2-3,5,7-8,15-17H2,(H,29,33). The minimum atomic E-state index is -0.554. The largest absolute Gasteiger partial charge is 0.325 e. The number of nitrogens with zero attached hydrogens (tertiary/aromatic N) is 3. The van der Waals surface area contributed by atoms with Gasteiger partial charge in [-0.15, -0.1) is 0 Å². The summed E-state index contributed by atoms with van der Waals surface area (Å²) in [4.78, 5) is 25.7. The second kappa shape index (κ2) is 8.14. The van der Waals surface area contributed by atoms with Crippen molar-refractivity contribution in [3.63, 3.8) is 0 Å². The number of aromatic nitrogens is 2. The van der Waals surface area contributed by atoms with E-state index in [1.54, 1.807) is 12.1 Å². The number of amides is 1. The molecule has 2 saturated carbocycles. The Morgan fingerprint density at radius 2 is 1.82 bits per heavy atom. The first-order chi connectivity index (χ1) is 16.1. The van der Waals surface area contributed by atoms with Crippen LogP contribution in [0, 0.1) is 0 Å². The van der Waals surface area contributed by atoms with Crippen LogP contribution in [0.5, 0.6) is 0 Å². The van der Waals surface area contributed by atoms with Crippen LogP contribution < -0.4 is 10.2 Å². The summed E-state index contributed by atoms with van der Waals surface area (Å²) in [5, 5.41) is 3.75. The topological polar surface area (TPSA) is 58.1 Å². The monoisotopic (exact) mass is 458 g/mol.